The molecule has 0 aromatic heterocycles. The molecule has 0 fully saturated rings. The van der Waals surface area contributed by atoms with E-state index in [1.165, 1.54) is 0 Å². The summed E-state index contributed by atoms with van der Waals surface area (Å²) in [6.07, 6.45) is 0. The first-order chi connectivity index (χ1) is 4.93. The predicted octanol–water partition coefficient (Wildman–Crippen LogP) is 1.22. The maximum atomic E-state index is 2.93. The smallest absolute Gasteiger partial charge is 0.0263 e. The third-order valence-corrected chi connectivity index (χ3v) is 1.11. The summed E-state index contributed by atoms with van der Waals surface area (Å²) in [4.78, 5) is 0. The second-order valence-corrected chi connectivity index (χ2v) is 1.87. The first-order valence-corrected chi connectivity index (χ1v) is 3.16. The number of rotatable bonds is 0. The van der Waals surface area contributed by atoms with Crippen molar-refractivity contribution in [1.82, 2.24) is 5.32 Å². The van der Waals surface area contributed by atoms with E-state index in [2.05, 4.69) is 17.3 Å². The van der Waals surface area contributed by atoms with Crippen LogP contribution in [0.4, 0.5) is 0 Å². The molecule has 50 valence electrons. The normalized spacial score (nSPS) is 7.70. The van der Waals surface area contributed by atoms with Gasteiger partial charge in [-0.05, 0) is 18.1 Å². The molecule has 10 heavy (non-hydrogen) atoms. The lowest BCUT2D eigenvalue weighted by atomic mass is 10.2. The van der Waals surface area contributed by atoms with Crippen LogP contribution in [-0.2, 0) is 0 Å². The number of benzene rings is 1. The Morgan fingerprint density at radius 2 is 1.90 bits per heavy atom. The average Bonchev–Trinajstić information content (AvgIpc) is 2.03. The molecule has 0 spiro atoms. The highest BCUT2D eigenvalue weighted by Gasteiger charge is 1.78. The zero-order valence-electron chi connectivity index (χ0n) is 5.89. The fraction of sp³-hybridized carbons (Fsp3) is 0.111. The maximum Gasteiger partial charge on any atom is 0.0263 e. The lowest BCUT2D eigenvalue weighted by Crippen LogP contribution is -1.91. The summed E-state index contributed by atoms with van der Waals surface area (Å²) in [5.41, 5.74) is 1.04. The monoisotopic (exact) mass is 131 g/mol. The Hall–Kier alpha value is -1.42. The van der Waals surface area contributed by atoms with E-state index >= 15 is 0 Å². The highest BCUT2D eigenvalue weighted by molar-refractivity contribution is 5.32. The van der Waals surface area contributed by atoms with Gasteiger partial charge in [0.2, 0.25) is 0 Å². The van der Waals surface area contributed by atoms with Crippen LogP contribution in [0.1, 0.15) is 5.56 Å². The van der Waals surface area contributed by atoms with Gasteiger partial charge in [0.25, 0.3) is 0 Å². The summed E-state index contributed by atoms with van der Waals surface area (Å²) in [5, 5.41) is 2.76. The van der Waals surface area contributed by atoms with Gasteiger partial charge >= 0.3 is 0 Å². The molecule has 0 heterocycles. The van der Waals surface area contributed by atoms with Crippen LogP contribution in [0.5, 0.6) is 0 Å². The van der Waals surface area contributed by atoms with Crippen LogP contribution >= 0.6 is 0 Å². The van der Waals surface area contributed by atoms with E-state index in [4.69, 9.17) is 0 Å². The lowest BCUT2D eigenvalue weighted by molar-refractivity contribution is 1.16. The number of hydrogen-bond acceptors (Lipinski definition) is 1. The van der Waals surface area contributed by atoms with Gasteiger partial charge in [-0.25, -0.2) is 0 Å². The molecule has 0 saturated carbocycles. The van der Waals surface area contributed by atoms with Crippen molar-refractivity contribution in [2.45, 2.75) is 0 Å². The van der Waals surface area contributed by atoms with Gasteiger partial charge in [-0.2, -0.15) is 0 Å². The quantitative estimate of drug-likeness (QED) is 0.412. The maximum absolute atomic E-state index is 2.93. The van der Waals surface area contributed by atoms with Crippen molar-refractivity contribution >= 4 is 0 Å². The SMILES string of the molecule is CNC#Cc1ccccc1. The first kappa shape index (κ1) is 6.70. The summed E-state index contributed by atoms with van der Waals surface area (Å²) in [6, 6.07) is 12.6. The topological polar surface area (TPSA) is 12.0 Å². The summed E-state index contributed by atoms with van der Waals surface area (Å²) in [6.45, 7) is 0. The Morgan fingerprint density at radius 1 is 1.20 bits per heavy atom. The molecule has 0 bridgehead atoms. The van der Waals surface area contributed by atoms with Gasteiger partial charge in [0.05, 0.1) is 0 Å². The van der Waals surface area contributed by atoms with Gasteiger partial charge in [-0.15, -0.1) is 0 Å². The predicted molar refractivity (Wildman–Crippen MR) is 42.4 cm³/mol. The van der Waals surface area contributed by atoms with Gasteiger partial charge in [-0.1, -0.05) is 18.2 Å². The van der Waals surface area contributed by atoms with Crippen LogP contribution in [0, 0.1) is 12.0 Å². The minimum absolute atomic E-state index is 1.04. The second kappa shape index (κ2) is 3.58. The molecule has 0 amide bonds. The Kier molecular flexibility index (Phi) is 2.39. The van der Waals surface area contributed by atoms with Crippen LogP contribution in [0.25, 0.3) is 0 Å². The summed E-state index contributed by atoms with van der Waals surface area (Å²) in [7, 11) is 1.80. The van der Waals surface area contributed by atoms with E-state index in [0.717, 1.165) is 5.56 Å². The number of nitrogens with one attached hydrogen (secondary N) is 1. The minimum atomic E-state index is 1.04. The molecule has 1 rings (SSSR count). The van der Waals surface area contributed by atoms with Crippen LogP contribution in [0.15, 0.2) is 30.3 Å². The first-order valence-electron chi connectivity index (χ1n) is 3.16. The standard InChI is InChI=1S/C9H9N/c1-10-8-7-9-5-3-2-4-6-9/h2-6,10H,1H3. The van der Waals surface area contributed by atoms with Crippen LogP contribution in [-0.4, -0.2) is 7.05 Å². The fourth-order valence-electron chi connectivity index (χ4n) is 0.656. The van der Waals surface area contributed by atoms with Crippen LogP contribution < -0.4 is 5.32 Å². The summed E-state index contributed by atoms with van der Waals surface area (Å²) >= 11 is 0. The molecule has 1 nitrogen and oxygen atoms in total. The highest BCUT2D eigenvalue weighted by Crippen LogP contribution is 1.93. The van der Waals surface area contributed by atoms with Crippen molar-refractivity contribution < 1.29 is 0 Å². The van der Waals surface area contributed by atoms with E-state index < -0.39 is 0 Å². The molecular weight excluding hydrogens is 122 g/mol. The molecule has 0 atom stereocenters. The Labute approximate surface area is 61.1 Å². The van der Waals surface area contributed by atoms with E-state index in [-0.39, 0.29) is 0 Å². The van der Waals surface area contributed by atoms with Crippen LogP contribution in [0.3, 0.4) is 0 Å². The molecule has 1 N–H and O–H groups in total. The summed E-state index contributed by atoms with van der Waals surface area (Å²) < 4.78 is 0. The van der Waals surface area contributed by atoms with Crippen LogP contribution in [0.2, 0.25) is 0 Å². The molecule has 0 unspecified atom stereocenters. The largest absolute Gasteiger partial charge is 0.349 e. The molecule has 0 saturated heterocycles. The van der Waals surface area contributed by atoms with Crippen molar-refractivity contribution in [3.63, 3.8) is 0 Å². The third kappa shape index (κ3) is 1.83. The van der Waals surface area contributed by atoms with Crippen molar-refractivity contribution in [3.8, 4) is 12.0 Å². The van der Waals surface area contributed by atoms with Gasteiger partial charge in [0.1, 0.15) is 0 Å². The highest BCUT2D eigenvalue weighted by atomic mass is 14.8. The third-order valence-electron chi connectivity index (χ3n) is 1.11. The molecule has 0 aliphatic carbocycles. The molecule has 0 aliphatic rings. The second-order valence-electron chi connectivity index (χ2n) is 1.87. The minimum Gasteiger partial charge on any atom is -0.349 e. The number of hydrogen-bond donors (Lipinski definition) is 1. The lowest BCUT2D eigenvalue weighted by Gasteiger charge is -1.84. The van der Waals surface area contributed by atoms with Crippen molar-refractivity contribution in [1.29, 1.82) is 0 Å². The Bertz CT molecular complexity index is 240. The fourth-order valence-corrected chi connectivity index (χ4v) is 0.656. The van der Waals surface area contributed by atoms with E-state index in [9.17, 15) is 0 Å². The van der Waals surface area contributed by atoms with Crippen molar-refractivity contribution in [2.24, 2.45) is 0 Å². The Balaban J connectivity index is 2.76. The van der Waals surface area contributed by atoms with E-state index in [1.807, 2.05) is 30.3 Å². The Morgan fingerprint density at radius 3 is 2.50 bits per heavy atom. The molecule has 1 heteroatoms. The summed E-state index contributed by atoms with van der Waals surface area (Å²) in [5.74, 6) is 2.93. The van der Waals surface area contributed by atoms with Gasteiger partial charge < -0.3 is 5.32 Å². The van der Waals surface area contributed by atoms with Crippen molar-refractivity contribution in [3.05, 3.63) is 35.9 Å². The van der Waals surface area contributed by atoms with Gasteiger partial charge in [0, 0.05) is 18.7 Å². The van der Waals surface area contributed by atoms with Gasteiger partial charge in [0.15, 0.2) is 0 Å². The van der Waals surface area contributed by atoms with E-state index in [0.29, 0.717) is 0 Å². The molecule has 1 aromatic carbocycles. The van der Waals surface area contributed by atoms with Crippen molar-refractivity contribution in [2.75, 3.05) is 7.05 Å². The van der Waals surface area contributed by atoms with E-state index in [1.54, 1.807) is 7.05 Å². The molecule has 0 radical (unpaired) electrons. The zero-order chi connectivity index (χ0) is 7.23. The molecule has 0 aliphatic heterocycles. The molecular formula is C9H9N. The molecule has 1 aromatic rings. The average molecular weight is 131 g/mol. The van der Waals surface area contributed by atoms with Gasteiger partial charge in [-0.3, -0.25) is 0 Å². The zero-order valence-corrected chi connectivity index (χ0v) is 5.89.